The summed E-state index contributed by atoms with van der Waals surface area (Å²) in [6.07, 6.45) is 2.42. The molecular formula is C19H28N6O2. The largest absolute Gasteiger partial charge is 0.349 e. The molecule has 1 aromatic carbocycles. The number of hydrogen-bond donors (Lipinski definition) is 2. The van der Waals surface area contributed by atoms with E-state index in [0.717, 1.165) is 5.56 Å². The lowest BCUT2D eigenvalue weighted by Crippen LogP contribution is -2.36. The maximum absolute atomic E-state index is 12.6. The van der Waals surface area contributed by atoms with Crippen molar-refractivity contribution >= 4 is 17.6 Å². The molecule has 0 spiro atoms. The topological polar surface area (TPSA) is 92.2 Å². The molecular weight excluding hydrogens is 344 g/mol. The summed E-state index contributed by atoms with van der Waals surface area (Å²) in [4.78, 5) is 30.2. The lowest BCUT2D eigenvalue weighted by Gasteiger charge is -2.22. The van der Waals surface area contributed by atoms with Crippen molar-refractivity contribution < 1.29 is 9.59 Å². The Kier molecular flexibility index (Phi) is 6.92. The molecule has 3 amide bonds. The molecule has 0 radical (unpaired) electrons. The summed E-state index contributed by atoms with van der Waals surface area (Å²) >= 11 is 0. The van der Waals surface area contributed by atoms with Gasteiger partial charge in [-0.1, -0.05) is 32.0 Å². The highest BCUT2D eigenvalue weighted by Crippen LogP contribution is 2.21. The van der Waals surface area contributed by atoms with E-state index in [1.165, 1.54) is 6.33 Å². The van der Waals surface area contributed by atoms with Crippen LogP contribution in [0, 0.1) is 5.92 Å². The van der Waals surface area contributed by atoms with Gasteiger partial charge < -0.3 is 15.5 Å². The van der Waals surface area contributed by atoms with Crippen LogP contribution in [0.25, 0.3) is 0 Å². The van der Waals surface area contributed by atoms with Crippen LogP contribution < -0.4 is 10.6 Å². The fourth-order valence-corrected chi connectivity index (χ4v) is 2.74. The highest BCUT2D eigenvalue weighted by atomic mass is 16.2. The molecule has 2 aromatic rings. The van der Waals surface area contributed by atoms with Crippen LogP contribution in [0.1, 0.15) is 37.7 Å². The van der Waals surface area contributed by atoms with Gasteiger partial charge in [-0.3, -0.25) is 9.48 Å². The maximum atomic E-state index is 12.6. The molecule has 0 saturated heterocycles. The summed E-state index contributed by atoms with van der Waals surface area (Å²) in [6.45, 7) is 4.03. The molecule has 27 heavy (non-hydrogen) atoms. The van der Waals surface area contributed by atoms with E-state index in [-0.39, 0.29) is 23.9 Å². The van der Waals surface area contributed by atoms with Gasteiger partial charge in [-0.15, -0.1) is 0 Å². The number of benzene rings is 1. The zero-order valence-electron chi connectivity index (χ0n) is 16.6. The van der Waals surface area contributed by atoms with E-state index in [2.05, 4.69) is 20.7 Å². The van der Waals surface area contributed by atoms with E-state index >= 15 is 0 Å². The number of carbonyl (C=O) groups excluding carboxylic acids is 2. The van der Waals surface area contributed by atoms with Gasteiger partial charge in [0.15, 0.2) is 0 Å². The lowest BCUT2D eigenvalue weighted by molar-refractivity contribution is -0.128. The SMILES string of the molecule is CC(C)C(NC(=O)Nc1ccccc1CCC(=O)N(C)C)c1ncnn1C. The minimum atomic E-state index is -0.317. The number of carbonyl (C=O) groups is 2. The molecule has 2 rings (SSSR count). The number of aryl methyl sites for hydroxylation is 2. The van der Waals surface area contributed by atoms with Crippen molar-refractivity contribution in [2.24, 2.45) is 13.0 Å². The van der Waals surface area contributed by atoms with Crippen molar-refractivity contribution in [2.75, 3.05) is 19.4 Å². The van der Waals surface area contributed by atoms with Gasteiger partial charge in [0.25, 0.3) is 0 Å². The Bertz CT molecular complexity index is 784. The normalized spacial score (nSPS) is 11.9. The van der Waals surface area contributed by atoms with Crippen LogP contribution in [0.2, 0.25) is 0 Å². The third-order valence-corrected chi connectivity index (χ3v) is 4.35. The van der Waals surface area contributed by atoms with Gasteiger partial charge in [0.05, 0.1) is 6.04 Å². The van der Waals surface area contributed by atoms with Gasteiger partial charge in [-0.25, -0.2) is 9.78 Å². The van der Waals surface area contributed by atoms with E-state index in [9.17, 15) is 9.59 Å². The smallest absolute Gasteiger partial charge is 0.319 e. The van der Waals surface area contributed by atoms with Crippen molar-refractivity contribution in [3.8, 4) is 0 Å². The lowest BCUT2D eigenvalue weighted by atomic mass is 10.0. The second-order valence-corrected chi connectivity index (χ2v) is 7.01. The van der Waals surface area contributed by atoms with E-state index in [1.54, 1.807) is 30.7 Å². The van der Waals surface area contributed by atoms with Crippen molar-refractivity contribution in [2.45, 2.75) is 32.7 Å². The third kappa shape index (κ3) is 5.54. The summed E-state index contributed by atoms with van der Waals surface area (Å²) in [5, 5.41) is 9.95. The van der Waals surface area contributed by atoms with Gasteiger partial charge in [0, 0.05) is 33.3 Å². The van der Waals surface area contributed by atoms with Crippen LogP contribution >= 0.6 is 0 Å². The number of para-hydroxylation sites is 1. The monoisotopic (exact) mass is 372 g/mol. The van der Waals surface area contributed by atoms with Crippen LogP contribution in [-0.4, -0.2) is 45.7 Å². The van der Waals surface area contributed by atoms with Gasteiger partial charge in [-0.05, 0) is 24.0 Å². The number of anilines is 1. The van der Waals surface area contributed by atoms with Crippen molar-refractivity contribution in [3.05, 3.63) is 42.0 Å². The summed E-state index contributed by atoms with van der Waals surface area (Å²) < 4.78 is 1.66. The molecule has 8 heteroatoms. The summed E-state index contributed by atoms with van der Waals surface area (Å²) in [7, 11) is 5.27. The Balaban J connectivity index is 2.07. The molecule has 146 valence electrons. The summed E-state index contributed by atoms with van der Waals surface area (Å²) in [5.74, 6) is 0.896. The van der Waals surface area contributed by atoms with Crippen LogP contribution in [0.5, 0.6) is 0 Å². The van der Waals surface area contributed by atoms with E-state index in [4.69, 9.17) is 0 Å². The quantitative estimate of drug-likeness (QED) is 0.780. The number of nitrogens with one attached hydrogen (secondary N) is 2. The Labute approximate surface area is 160 Å². The average molecular weight is 372 g/mol. The standard InChI is InChI=1S/C19H28N6O2/c1-13(2)17(18-20-12-21-25(18)5)23-19(27)22-15-9-7-6-8-14(15)10-11-16(26)24(3)4/h6-9,12-13,17H,10-11H2,1-5H3,(H2,22,23,27). The highest BCUT2D eigenvalue weighted by Gasteiger charge is 2.23. The molecule has 0 saturated carbocycles. The molecule has 1 heterocycles. The first kappa shape index (κ1) is 20.4. The second kappa shape index (κ2) is 9.16. The van der Waals surface area contributed by atoms with Gasteiger partial charge >= 0.3 is 6.03 Å². The molecule has 1 atom stereocenters. The van der Waals surface area contributed by atoms with Gasteiger partial charge in [-0.2, -0.15) is 5.10 Å². The number of rotatable bonds is 7. The second-order valence-electron chi connectivity index (χ2n) is 7.01. The Morgan fingerprint density at radius 1 is 1.22 bits per heavy atom. The molecule has 8 nitrogen and oxygen atoms in total. The number of nitrogens with zero attached hydrogens (tertiary/aromatic N) is 4. The Hall–Kier alpha value is -2.90. The van der Waals surface area contributed by atoms with Gasteiger partial charge in [0.2, 0.25) is 5.91 Å². The maximum Gasteiger partial charge on any atom is 0.319 e. The fourth-order valence-electron chi connectivity index (χ4n) is 2.74. The fraction of sp³-hybridized carbons (Fsp3) is 0.474. The Morgan fingerprint density at radius 3 is 2.52 bits per heavy atom. The van der Waals surface area contributed by atoms with E-state index in [1.807, 2.05) is 38.1 Å². The van der Waals surface area contributed by atoms with Crippen LogP contribution in [-0.2, 0) is 18.3 Å². The number of urea groups is 1. The van der Waals surface area contributed by atoms with Crippen LogP contribution in [0.4, 0.5) is 10.5 Å². The molecule has 0 fully saturated rings. The first-order valence-electron chi connectivity index (χ1n) is 8.99. The molecule has 0 aliphatic carbocycles. The van der Waals surface area contributed by atoms with Crippen molar-refractivity contribution in [1.82, 2.24) is 25.0 Å². The highest BCUT2D eigenvalue weighted by molar-refractivity contribution is 5.90. The molecule has 1 aromatic heterocycles. The van der Waals surface area contributed by atoms with Crippen molar-refractivity contribution in [3.63, 3.8) is 0 Å². The molecule has 0 bridgehead atoms. The zero-order chi connectivity index (χ0) is 20.0. The van der Waals surface area contributed by atoms with Crippen molar-refractivity contribution in [1.29, 1.82) is 0 Å². The molecule has 2 N–H and O–H groups in total. The zero-order valence-corrected chi connectivity index (χ0v) is 16.6. The van der Waals surface area contributed by atoms with E-state index < -0.39 is 0 Å². The third-order valence-electron chi connectivity index (χ3n) is 4.35. The molecule has 1 unspecified atom stereocenters. The molecule has 0 aliphatic heterocycles. The number of amides is 3. The predicted molar refractivity (Wildman–Crippen MR) is 104 cm³/mol. The minimum Gasteiger partial charge on any atom is -0.349 e. The number of aromatic nitrogens is 3. The summed E-state index contributed by atoms with van der Waals surface area (Å²) in [5.41, 5.74) is 1.62. The molecule has 0 aliphatic rings. The predicted octanol–water partition coefficient (Wildman–Crippen LogP) is 2.35. The van der Waals surface area contributed by atoms with Gasteiger partial charge in [0.1, 0.15) is 12.2 Å². The average Bonchev–Trinajstić information content (AvgIpc) is 3.03. The van der Waals surface area contributed by atoms with Crippen LogP contribution in [0.15, 0.2) is 30.6 Å². The Morgan fingerprint density at radius 2 is 1.93 bits per heavy atom. The first-order valence-corrected chi connectivity index (χ1v) is 8.99. The van der Waals surface area contributed by atoms with E-state index in [0.29, 0.717) is 24.4 Å². The number of hydrogen-bond acceptors (Lipinski definition) is 4. The minimum absolute atomic E-state index is 0.0522. The first-order chi connectivity index (χ1) is 12.8. The van der Waals surface area contributed by atoms with Crippen LogP contribution in [0.3, 0.4) is 0 Å². The summed E-state index contributed by atoms with van der Waals surface area (Å²) in [6, 6.07) is 6.93.